The maximum absolute atomic E-state index is 13.3. The van der Waals surface area contributed by atoms with Crippen LogP contribution >= 0.6 is 11.6 Å². The number of rotatable bonds is 6. The van der Waals surface area contributed by atoms with Gasteiger partial charge < -0.3 is 15.5 Å². The summed E-state index contributed by atoms with van der Waals surface area (Å²) in [5, 5.41) is 6.70. The Balaban J connectivity index is 1.34. The van der Waals surface area contributed by atoms with Crippen LogP contribution in [0.2, 0.25) is 5.02 Å². The van der Waals surface area contributed by atoms with Crippen molar-refractivity contribution in [3.63, 3.8) is 0 Å². The van der Waals surface area contributed by atoms with Crippen LogP contribution in [0, 0.1) is 5.82 Å². The Hall–Kier alpha value is -3.78. The van der Waals surface area contributed by atoms with E-state index in [1.54, 1.807) is 55.0 Å². The SMILES string of the molecule is CC(=O)Nc1cc(Cl)c(-c2cnccn2)cc1C=CC(=O)N1[C@@H]2CC[C@H]1C[C@H](Nc1ccc(F)cc1)C2. The smallest absolute Gasteiger partial charge is 0.247 e. The first-order valence-corrected chi connectivity index (χ1v) is 12.6. The van der Waals surface area contributed by atoms with E-state index in [-0.39, 0.29) is 35.8 Å². The second kappa shape index (κ2) is 10.7. The summed E-state index contributed by atoms with van der Waals surface area (Å²) in [6.07, 6.45) is 11.6. The van der Waals surface area contributed by atoms with E-state index in [0.717, 1.165) is 31.4 Å². The number of piperidine rings is 1. The molecule has 2 fully saturated rings. The van der Waals surface area contributed by atoms with E-state index in [0.29, 0.717) is 27.5 Å². The van der Waals surface area contributed by atoms with E-state index in [1.807, 2.05) is 4.90 Å². The summed E-state index contributed by atoms with van der Waals surface area (Å²) >= 11 is 6.49. The summed E-state index contributed by atoms with van der Waals surface area (Å²) in [5.41, 5.74) is 3.30. The topological polar surface area (TPSA) is 87.2 Å². The van der Waals surface area contributed by atoms with Crippen molar-refractivity contribution in [2.45, 2.75) is 50.7 Å². The first kappa shape index (κ1) is 24.9. The quantitative estimate of drug-likeness (QED) is 0.417. The van der Waals surface area contributed by atoms with Gasteiger partial charge >= 0.3 is 0 Å². The number of carbonyl (C=O) groups is 2. The zero-order valence-electron chi connectivity index (χ0n) is 20.3. The Morgan fingerprint density at radius 3 is 2.49 bits per heavy atom. The average molecular weight is 520 g/mol. The molecule has 2 saturated heterocycles. The first-order chi connectivity index (χ1) is 17.9. The van der Waals surface area contributed by atoms with Crippen molar-refractivity contribution in [1.29, 1.82) is 0 Å². The largest absolute Gasteiger partial charge is 0.382 e. The van der Waals surface area contributed by atoms with E-state index < -0.39 is 0 Å². The molecule has 3 heterocycles. The molecule has 37 heavy (non-hydrogen) atoms. The second-order valence-corrected chi connectivity index (χ2v) is 9.88. The maximum Gasteiger partial charge on any atom is 0.247 e. The minimum Gasteiger partial charge on any atom is -0.382 e. The van der Waals surface area contributed by atoms with Crippen LogP contribution in [-0.2, 0) is 9.59 Å². The number of anilines is 2. The van der Waals surface area contributed by atoms with Crippen molar-refractivity contribution in [3.05, 3.63) is 77.5 Å². The lowest BCUT2D eigenvalue weighted by atomic mass is 9.96. The summed E-state index contributed by atoms with van der Waals surface area (Å²) in [7, 11) is 0. The van der Waals surface area contributed by atoms with Crippen molar-refractivity contribution in [3.8, 4) is 11.3 Å². The van der Waals surface area contributed by atoms with Crippen LogP contribution < -0.4 is 10.6 Å². The lowest BCUT2D eigenvalue weighted by Gasteiger charge is -2.39. The highest BCUT2D eigenvalue weighted by molar-refractivity contribution is 6.33. The predicted molar refractivity (Wildman–Crippen MR) is 143 cm³/mol. The van der Waals surface area contributed by atoms with Gasteiger partial charge in [-0.05, 0) is 73.7 Å². The Kier molecular flexibility index (Phi) is 7.19. The second-order valence-electron chi connectivity index (χ2n) is 9.47. The van der Waals surface area contributed by atoms with Gasteiger partial charge in [-0.1, -0.05) is 11.6 Å². The Labute approximate surface area is 219 Å². The molecule has 5 rings (SSSR count). The molecular formula is C28H27ClFN5O2. The van der Waals surface area contributed by atoms with Gasteiger partial charge in [-0.2, -0.15) is 0 Å². The van der Waals surface area contributed by atoms with Crippen molar-refractivity contribution in [2.24, 2.45) is 0 Å². The van der Waals surface area contributed by atoms with E-state index >= 15 is 0 Å². The van der Waals surface area contributed by atoms with Gasteiger partial charge in [0.1, 0.15) is 5.82 Å². The number of nitrogens with zero attached hydrogens (tertiary/aromatic N) is 3. The van der Waals surface area contributed by atoms with E-state index in [2.05, 4.69) is 20.6 Å². The highest BCUT2D eigenvalue weighted by Crippen LogP contribution is 2.38. The molecule has 2 aliphatic rings. The molecule has 3 atom stereocenters. The molecule has 0 aliphatic carbocycles. The summed E-state index contributed by atoms with van der Waals surface area (Å²) < 4.78 is 13.2. The van der Waals surface area contributed by atoms with Gasteiger partial charge in [0, 0.05) is 60.5 Å². The Morgan fingerprint density at radius 1 is 1.11 bits per heavy atom. The fourth-order valence-corrected chi connectivity index (χ4v) is 5.60. The zero-order chi connectivity index (χ0) is 25.9. The van der Waals surface area contributed by atoms with Crippen LogP contribution in [0.5, 0.6) is 0 Å². The lowest BCUT2D eigenvalue weighted by Crippen LogP contribution is -2.49. The van der Waals surface area contributed by atoms with Gasteiger partial charge in [0.25, 0.3) is 0 Å². The number of fused-ring (bicyclic) bond motifs is 2. The minimum absolute atomic E-state index is 0.0579. The third-order valence-corrected chi connectivity index (χ3v) is 7.21. The molecule has 7 nitrogen and oxygen atoms in total. The molecule has 2 aliphatic heterocycles. The van der Waals surface area contributed by atoms with E-state index in [4.69, 9.17) is 11.6 Å². The number of halogens is 2. The number of hydrogen-bond acceptors (Lipinski definition) is 5. The molecule has 2 aromatic carbocycles. The molecule has 0 unspecified atom stereocenters. The van der Waals surface area contributed by atoms with Gasteiger partial charge in [0.05, 0.1) is 16.9 Å². The van der Waals surface area contributed by atoms with E-state index in [9.17, 15) is 14.0 Å². The maximum atomic E-state index is 13.3. The van der Waals surface area contributed by atoms with Crippen LogP contribution in [0.4, 0.5) is 15.8 Å². The number of nitrogens with one attached hydrogen (secondary N) is 2. The third-order valence-electron chi connectivity index (χ3n) is 6.90. The first-order valence-electron chi connectivity index (χ1n) is 12.3. The molecule has 2 N–H and O–H groups in total. The van der Waals surface area contributed by atoms with Crippen LogP contribution in [-0.4, -0.2) is 44.8 Å². The van der Waals surface area contributed by atoms with Crippen LogP contribution in [0.3, 0.4) is 0 Å². The molecular weight excluding hydrogens is 493 g/mol. The van der Waals surface area contributed by atoms with Gasteiger partial charge in [0.15, 0.2) is 0 Å². The normalized spacial score (nSPS) is 20.7. The summed E-state index contributed by atoms with van der Waals surface area (Å²) in [6.45, 7) is 1.42. The number of benzene rings is 2. The molecule has 2 bridgehead atoms. The Morgan fingerprint density at radius 2 is 1.84 bits per heavy atom. The number of amides is 2. The summed E-state index contributed by atoms with van der Waals surface area (Å²) in [5.74, 6) is -0.556. The highest BCUT2D eigenvalue weighted by Gasteiger charge is 2.42. The molecule has 0 radical (unpaired) electrons. The molecule has 3 aromatic rings. The molecule has 1 aromatic heterocycles. The van der Waals surface area contributed by atoms with Gasteiger partial charge in [0.2, 0.25) is 11.8 Å². The fraction of sp³-hybridized carbons (Fsp3) is 0.286. The average Bonchev–Trinajstić information content (AvgIpc) is 3.15. The van der Waals surface area contributed by atoms with Crippen molar-refractivity contribution < 1.29 is 14.0 Å². The molecule has 190 valence electrons. The van der Waals surface area contributed by atoms with Crippen LogP contribution in [0.1, 0.15) is 38.2 Å². The van der Waals surface area contributed by atoms with Gasteiger partial charge in [-0.3, -0.25) is 19.6 Å². The Bertz CT molecular complexity index is 1320. The van der Waals surface area contributed by atoms with Gasteiger partial charge in [-0.15, -0.1) is 0 Å². The molecule has 2 amide bonds. The van der Waals surface area contributed by atoms with Crippen molar-refractivity contribution >= 4 is 40.9 Å². The van der Waals surface area contributed by atoms with Crippen LogP contribution in [0.15, 0.2) is 61.1 Å². The molecule has 9 heteroatoms. The van der Waals surface area contributed by atoms with Gasteiger partial charge in [-0.25, -0.2) is 4.39 Å². The zero-order valence-corrected chi connectivity index (χ0v) is 21.1. The molecule has 0 saturated carbocycles. The lowest BCUT2D eigenvalue weighted by molar-refractivity contribution is -0.130. The van der Waals surface area contributed by atoms with Crippen molar-refractivity contribution in [1.82, 2.24) is 14.9 Å². The number of hydrogen-bond donors (Lipinski definition) is 2. The van der Waals surface area contributed by atoms with E-state index in [1.165, 1.54) is 19.1 Å². The monoisotopic (exact) mass is 519 g/mol. The molecule has 0 spiro atoms. The summed E-state index contributed by atoms with van der Waals surface area (Å²) in [6, 6.07) is 10.4. The standard InChI is InChI=1S/C28H27ClFN5O2/c1-17(36)33-26-15-25(29)24(27-16-31-10-11-32-27)12-18(26)2-9-28(37)35-22-7-8-23(35)14-21(13-22)34-20-5-3-19(30)4-6-20/h2-6,9-12,15-16,21-23,34H,7-8,13-14H2,1H3,(H,33,36)/t21-,22-,23+. The van der Waals surface area contributed by atoms with Crippen molar-refractivity contribution in [2.75, 3.05) is 10.6 Å². The predicted octanol–water partition coefficient (Wildman–Crippen LogP) is 5.54. The minimum atomic E-state index is -0.260. The third kappa shape index (κ3) is 5.64. The number of aromatic nitrogens is 2. The van der Waals surface area contributed by atoms with Crippen LogP contribution in [0.25, 0.3) is 17.3 Å². The fourth-order valence-electron chi connectivity index (χ4n) is 5.34. The summed E-state index contributed by atoms with van der Waals surface area (Å²) in [4.78, 5) is 35.5. The number of carbonyl (C=O) groups excluding carboxylic acids is 2. The highest BCUT2D eigenvalue weighted by atomic mass is 35.5.